The number of carboxylic acids is 1. The molecular formula is C22H20FNO5S2. The fourth-order valence-electron chi connectivity index (χ4n) is 3.99. The molecule has 31 heavy (non-hydrogen) atoms. The molecule has 1 saturated heterocycles. The van der Waals surface area contributed by atoms with Gasteiger partial charge in [-0.3, -0.25) is 14.5 Å². The maximum atomic E-state index is 13.5. The number of carbonyl (C=O) groups is 2. The molecule has 1 saturated carbocycles. The van der Waals surface area contributed by atoms with E-state index in [0.717, 1.165) is 12.8 Å². The van der Waals surface area contributed by atoms with E-state index in [9.17, 15) is 19.1 Å². The van der Waals surface area contributed by atoms with Gasteiger partial charge in [-0.2, -0.15) is 0 Å². The highest BCUT2D eigenvalue weighted by atomic mass is 32.2. The van der Waals surface area contributed by atoms with Crippen LogP contribution in [0, 0.1) is 11.7 Å². The van der Waals surface area contributed by atoms with Crippen LogP contribution < -0.4 is 4.74 Å². The van der Waals surface area contributed by atoms with Crippen molar-refractivity contribution in [2.45, 2.75) is 31.7 Å². The summed E-state index contributed by atoms with van der Waals surface area (Å²) in [5, 5.41) is 9.33. The van der Waals surface area contributed by atoms with Gasteiger partial charge in [-0.05, 0) is 43.5 Å². The standard InChI is InChI=1S/C22H20FNO5S2/c1-28-18-10-13(23)5-7-16(18)17-8-6-15(29-17)11-19-20(25)24(22(30)31-19)14-4-2-3-12(9-14)21(26)27/h5-8,10-12,14H,2-4,9H2,1H3,(H,26,27). The fraction of sp³-hybridized carbons (Fsp3) is 0.318. The monoisotopic (exact) mass is 461 g/mol. The van der Waals surface area contributed by atoms with Crippen molar-refractivity contribution >= 4 is 46.3 Å². The van der Waals surface area contributed by atoms with Gasteiger partial charge in [0.15, 0.2) is 0 Å². The summed E-state index contributed by atoms with van der Waals surface area (Å²) < 4.78 is 24.9. The maximum Gasteiger partial charge on any atom is 0.306 e. The van der Waals surface area contributed by atoms with E-state index in [2.05, 4.69) is 0 Å². The molecule has 1 aliphatic heterocycles. The number of halogens is 1. The number of furan rings is 1. The van der Waals surface area contributed by atoms with Crippen molar-refractivity contribution in [3.05, 3.63) is 46.8 Å². The van der Waals surface area contributed by atoms with E-state index in [0.29, 0.717) is 44.9 Å². The molecule has 2 heterocycles. The number of nitrogens with zero attached hydrogens (tertiary/aromatic N) is 1. The van der Waals surface area contributed by atoms with Crippen molar-refractivity contribution in [3.8, 4) is 17.1 Å². The van der Waals surface area contributed by atoms with E-state index < -0.39 is 17.7 Å². The number of hydrogen-bond donors (Lipinski definition) is 1. The number of ether oxygens (including phenoxy) is 1. The zero-order valence-corrected chi connectivity index (χ0v) is 18.3. The van der Waals surface area contributed by atoms with Crippen LogP contribution in [0.4, 0.5) is 4.39 Å². The number of aliphatic carboxylic acids is 1. The first-order chi connectivity index (χ1) is 14.9. The van der Waals surface area contributed by atoms with Gasteiger partial charge in [0.2, 0.25) is 0 Å². The van der Waals surface area contributed by atoms with E-state index in [1.807, 2.05) is 0 Å². The van der Waals surface area contributed by atoms with Gasteiger partial charge in [-0.1, -0.05) is 30.4 Å². The molecule has 1 N–H and O–H groups in total. The van der Waals surface area contributed by atoms with Crippen molar-refractivity contribution in [3.63, 3.8) is 0 Å². The van der Waals surface area contributed by atoms with Crippen LogP contribution in [0.15, 0.2) is 39.7 Å². The number of carbonyl (C=O) groups excluding carboxylic acids is 1. The van der Waals surface area contributed by atoms with E-state index in [1.54, 1.807) is 29.2 Å². The first-order valence-electron chi connectivity index (χ1n) is 9.81. The van der Waals surface area contributed by atoms with Gasteiger partial charge in [0.05, 0.1) is 23.5 Å². The van der Waals surface area contributed by atoms with Gasteiger partial charge in [-0.25, -0.2) is 4.39 Å². The quantitative estimate of drug-likeness (QED) is 0.499. The van der Waals surface area contributed by atoms with Gasteiger partial charge < -0.3 is 14.3 Å². The predicted molar refractivity (Wildman–Crippen MR) is 119 cm³/mol. The Morgan fingerprint density at radius 3 is 2.90 bits per heavy atom. The molecule has 1 aliphatic carbocycles. The number of thioether (sulfide) groups is 1. The van der Waals surface area contributed by atoms with Crippen LogP contribution in [-0.4, -0.2) is 39.4 Å². The van der Waals surface area contributed by atoms with Crippen LogP contribution in [0.25, 0.3) is 17.4 Å². The Morgan fingerprint density at radius 2 is 2.16 bits per heavy atom. The van der Waals surface area contributed by atoms with Crippen LogP contribution >= 0.6 is 24.0 Å². The van der Waals surface area contributed by atoms with E-state index in [4.69, 9.17) is 21.4 Å². The van der Waals surface area contributed by atoms with Crippen molar-refractivity contribution in [1.82, 2.24) is 4.90 Å². The van der Waals surface area contributed by atoms with Crippen molar-refractivity contribution in [2.24, 2.45) is 5.92 Å². The molecule has 0 radical (unpaired) electrons. The minimum atomic E-state index is -0.829. The zero-order valence-electron chi connectivity index (χ0n) is 16.7. The largest absolute Gasteiger partial charge is 0.496 e. The lowest BCUT2D eigenvalue weighted by atomic mass is 9.85. The summed E-state index contributed by atoms with van der Waals surface area (Å²) in [7, 11) is 1.45. The van der Waals surface area contributed by atoms with E-state index >= 15 is 0 Å². The highest BCUT2D eigenvalue weighted by molar-refractivity contribution is 8.26. The molecule has 162 valence electrons. The molecule has 9 heteroatoms. The van der Waals surface area contributed by atoms with Gasteiger partial charge in [-0.15, -0.1) is 0 Å². The summed E-state index contributed by atoms with van der Waals surface area (Å²) in [6.07, 6.45) is 4.14. The van der Waals surface area contributed by atoms with Crippen LogP contribution in [-0.2, 0) is 9.59 Å². The number of amides is 1. The van der Waals surface area contributed by atoms with Gasteiger partial charge in [0.1, 0.15) is 27.4 Å². The molecule has 4 rings (SSSR count). The summed E-state index contributed by atoms with van der Waals surface area (Å²) in [6, 6.07) is 7.39. The molecule has 2 aliphatic rings. The molecule has 0 spiro atoms. The van der Waals surface area contributed by atoms with E-state index in [-0.39, 0.29) is 11.9 Å². The Kier molecular flexibility index (Phi) is 6.15. The average Bonchev–Trinajstić information content (AvgIpc) is 3.32. The predicted octanol–water partition coefficient (Wildman–Crippen LogP) is 4.94. The van der Waals surface area contributed by atoms with Gasteiger partial charge in [0.25, 0.3) is 5.91 Å². The molecule has 2 atom stereocenters. The fourth-order valence-corrected chi connectivity index (χ4v) is 5.37. The first-order valence-corrected chi connectivity index (χ1v) is 11.0. The number of methoxy groups -OCH3 is 1. The second-order valence-corrected chi connectivity index (χ2v) is 9.13. The molecule has 1 aromatic heterocycles. The lowest BCUT2D eigenvalue weighted by Crippen LogP contribution is -2.42. The summed E-state index contributed by atoms with van der Waals surface area (Å²) in [4.78, 5) is 26.4. The van der Waals surface area contributed by atoms with Crippen molar-refractivity contribution in [1.29, 1.82) is 0 Å². The third-order valence-electron chi connectivity index (χ3n) is 5.51. The Balaban J connectivity index is 1.55. The number of rotatable bonds is 5. The lowest BCUT2D eigenvalue weighted by Gasteiger charge is -2.32. The summed E-state index contributed by atoms with van der Waals surface area (Å²) in [5.41, 5.74) is 0.595. The van der Waals surface area contributed by atoms with Crippen molar-refractivity contribution < 1.29 is 28.2 Å². The third kappa shape index (κ3) is 4.38. The number of benzene rings is 1. The van der Waals surface area contributed by atoms with Crippen LogP contribution in [0.3, 0.4) is 0 Å². The molecule has 2 fully saturated rings. The topological polar surface area (TPSA) is 80.0 Å². The second kappa shape index (κ2) is 8.84. The second-order valence-electron chi connectivity index (χ2n) is 7.45. The average molecular weight is 462 g/mol. The van der Waals surface area contributed by atoms with Crippen molar-refractivity contribution in [2.75, 3.05) is 7.11 Å². The molecule has 2 aromatic rings. The first kappa shape index (κ1) is 21.6. The Hall–Kier alpha value is -2.65. The Labute approximate surface area is 188 Å². The van der Waals surface area contributed by atoms with Gasteiger partial charge in [0, 0.05) is 18.2 Å². The molecule has 6 nitrogen and oxygen atoms in total. The minimum Gasteiger partial charge on any atom is -0.496 e. The SMILES string of the molecule is COc1cc(F)ccc1-c1ccc(C=C2SC(=S)N(C3CCCC(C(=O)O)C3)C2=O)o1. The Morgan fingerprint density at radius 1 is 1.35 bits per heavy atom. The molecular weight excluding hydrogens is 441 g/mol. The summed E-state index contributed by atoms with van der Waals surface area (Å²) >= 11 is 6.60. The third-order valence-corrected chi connectivity index (χ3v) is 6.84. The highest BCUT2D eigenvalue weighted by Gasteiger charge is 2.40. The Bertz CT molecular complexity index is 1080. The normalized spacial score (nSPS) is 22.9. The number of hydrogen-bond acceptors (Lipinski definition) is 6. The minimum absolute atomic E-state index is 0.205. The lowest BCUT2D eigenvalue weighted by molar-refractivity contribution is -0.144. The zero-order chi connectivity index (χ0) is 22.1. The molecule has 1 aromatic carbocycles. The van der Waals surface area contributed by atoms with Crippen LogP contribution in [0.5, 0.6) is 5.75 Å². The molecule has 0 bridgehead atoms. The molecule has 2 unspecified atom stereocenters. The summed E-state index contributed by atoms with van der Waals surface area (Å²) in [5.74, 6) is -0.649. The van der Waals surface area contributed by atoms with Gasteiger partial charge >= 0.3 is 5.97 Å². The number of carboxylic acid groups (broad SMARTS) is 1. The van der Waals surface area contributed by atoms with E-state index in [1.165, 1.54) is 31.0 Å². The van der Waals surface area contributed by atoms with Crippen LogP contribution in [0.1, 0.15) is 31.4 Å². The highest BCUT2D eigenvalue weighted by Crippen LogP contribution is 2.39. The molecule has 1 amide bonds. The summed E-state index contributed by atoms with van der Waals surface area (Å²) in [6.45, 7) is 0. The number of thiocarbonyl (C=S) groups is 1. The smallest absolute Gasteiger partial charge is 0.306 e. The maximum absolute atomic E-state index is 13.5. The van der Waals surface area contributed by atoms with Crippen LogP contribution in [0.2, 0.25) is 0 Å².